The highest BCUT2D eigenvalue weighted by Gasteiger charge is 2.19. The second kappa shape index (κ2) is 4.01. The zero-order valence-electron chi connectivity index (χ0n) is 8.56. The van der Waals surface area contributed by atoms with Gasteiger partial charge in [0.05, 0.1) is 19.3 Å². The molecule has 0 bridgehead atoms. The van der Waals surface area contributed by atoms with Gasteiger partial charge in [-0.25, -0.2) is 9.50 Å². The summed E-state index contributed by atoms with van der Waals surface area (Å²) in [6.45, 7) is 2.20. The lowest BCUT2D eigenvalue weighted by molar-refractivity contribution is 0.0743. The highest BCUT2D eigenvalue weighted by atomic mass is 35.5. The van der Waals surface area contributed by atoms with E-state index in [2.05, 4.69) is 15.4 Å². The molecule has 84 valence electrons. The van der Waals surface area contributed by atoms with E-state index >= 15 is 0 Å². The van der Waals surface area contributed by atoms with Gasteiger partial charge in [-0.05, 0) is 6.07 Å². The Morgan fingerprint density at radius 3 is 3.31 bits per heavy atom. The van der Waals surface area contributed by atoms with Crippen LogP contribution in [0.3, 0.4) is 0 Å². The summed E-state index contributed by atoms with van der Waals surface area (Å²) in [6, 6.07) is 3.66. The first kappa shape index (κ1) is 10.0. The largest absolute Gasteiger partial charge is 0.378 e. The van der Waals surface area contributed by atoms with Crippen LogP contribution in [0.4, 0.5) is 0 Å². The first-order valence-electron chi connectivity index (χ1n) is 5.16. The number of rotatable bonds is 1. The quantitative estimate of drug-likeness (QED) is 0.807. The third-order valence-electron chi connectivity index (χ3n) is 2.55. The minimum absolute atomic E-state index is 0.0763. The molecule has 0 spiro atoms. The van der Waals surface area contributed by atoms with Gasteiger partial charge in [0.15, 0.2) is 11.5 Å². The summed E-state index contributed by atoms with van der Waals surface area (Å²) in [7, 11) is 0. The van der Waals surface area contributed by atoms with Crippen molar-refractivity contribution in [3.63, 3.8) is 0 Å². The monoisotopic (exact) mass is 238 g/mol. The van der Waals surface area contributed by atoms with Crippen LogP contribution in [0.1, 0.15) is 11.9 Å². The zero-order valence-corrected chi connectivity index (χ0v) is 9.31. The van der Waals surface area contributed by atoms with E-state index < -0.39 is 0 Å². The minimum atomic E-state index is 0.0763. The van der Waals surface area contributed by atoms with Crippen molar-refractivity contribution < 1.29 is 4.74 Å². The van der Waals surface area contributed by atoms with Crippen LogP contribution in [-0.4, -0.2) is 34.4 Å². The summed E-state index contributed by atoms with van der Waals surface area (Å²) < 4.78 is 7.10. The molecule has 1 saturated heterocycles. The van der Waals surface area contributed by atoms with E-state index in [-0.39, 0.29) is 6.04 Å². The second-order valence-corrected chi connectivity index (χ2v) is 4.14. The van der Waals surface area contributed by atoms with Crippen LogP contribution in [-0.2, 0) is 4.74 Å². The molecule has 0 radical (unpaired) electrons. The van der Waals surface area contributed by atoms with Crippen molar-refractivity contribution in [2.24, 2.45) is 0 Å². The number of hydrogen-bond donors (Lipinski definition) is 1. The molecule has 3 rings (SSSR count). The van der Waals surface area contributed by atoms with E-state index in [1.807, 2.05) is 0 Å². The molecule has 0 aliphatic carbocycles. The molecule has 0 aromatic carbocycles. The summed E-state index contributed by atoms with van der Waals surface area (Å²) in [5, 5.41) is 8.36. The van der Waals surface area contributed by atoms with Crippen LogP contribution in [0.2, 0.25) is 5.02 Å². The molecule has 1 fully saturated rings. The molecule has 1 N–H and O–H groups in total. The van der Waals surface area contributed by atoms with E-state index in [1.165, 1.54) is 0 Å². The molecule has 0 saturated carbocycles. The third kappa shape index (κ3) is 1.77. The van der Waals surface area contributed by atoms with Crippen LogP contribution in [0.5, 0.6) is 0 Å². The molecule has 1 aliphatic rings. The fourth-order valence-corrected chi connectivity index (χ4v) is 1.91. The van der Waals surface area contributed by atoms with Crippen molar-refractivity contribution in [3.8, 4) is 0 Å². The fraction of sp³-hybridized carbons (Fsp3) is 0.400. The number of nitrogens with zero attached hydrogens (tertiary/aromatic N) is 3. The Balaban J connectivity index is 1.97. The maximum absolute atomic E-state index is 5.89. The highest BCUT2D eigenvalue weighted by molar-refractivity contribution is 6.30. The maximum Gasteiger partial charge on any atom is 0.170 e. The molecule has 5 nitrogen and oxygen atoms in total. The van der Waals surface area contributed by atoms with Gasteiger partial charge in [-0.1, -0.05) is 11.6 Å². The van der Waals surface area contributed by atoms with Crippen molar-refractivity contribution >= 4 is 17.2 Å². The summed E-state index contributed by atoms with van der Waals surface area (Å²) in [6.07, 6.45) is 1.80. The van der Waals surface area contributed by atoms with Crippen molar-refractivity contribution in [1.82, 2.24) is 19.9 Å². The van der Waals surface area contributed by atoms with Gasteiger partial charge in [0, 0.05) is 23.8 Å². The lowest BCUT2D eigenvalue weighted by Crippen LogP contribution is -2.35. The van der Waals surface area contributed by atoms with Crippen LogP contribution < -0.4 is 5.32 Å². The van der Waals surface area contributed by atoms with Crippen molar-refractivity contribution in [1.29, 1.82) is 0 Å². The van der Waals surface area contributed by atoms with Crippen molar-refractivity contribution in [2.45, 2.75) is 6.04 Å². The van der Waals surface area contributed by atoms with Crippen LogP contribution >= 0.6 is 11.6 Å². The standard InChI is InChI=1S/C10H11ClN4O/c11-7-1-3-15-9(5-7)13-10(14-15)8-6-16-4-2-12-8/h1,3,5,8,12H,2,4,6H2. The topological polar surface area (TPSA) is 51.5 Å². The van der Waals surface area contributed by atoms with Gasteiger partial charge in [0.1, 0.15) is 0 Å². The first-order valence-corrected chi connectivity index (χ1v) is 5.54. The number of morpholine rings is 1. The molecule has 6 heteroatoms. The molecule has 2 aromatic heterocycles. The lowest BCUT2D eigenvalue weighted by atomic mass is 10.3. The van der Waals surface area contributed by atoms with Crippen molar-refractivity contribution in [3.05, 3.63) is 29.2 Å². The zero-order chi connectivity index (χ0) is 11.0. The van der Waals surface area contributed by atoms with E-state index in [0.717, 1.165) is 24.6 Å². The minimum Gasteiger partial charge on any atom is -0.378 e. The summed E-state index contributed by atoms with van der Waals surface area (Å²) in [5.41, 5.74) is 0.759. The Morgan fingerprint density at radius 2 is 2.50 bits per heavy atom. The molecule has 2 aromatic rings. The molecule has 16 heavy (non-hydrogen) atoms. The van der Waals surface area contributed by atoms with Crippen LogP contribution in [0.25, 0.3) is 5.65 Å². The molecular weight excluding hydrogens is 228 g/mol. The molecule has 0 amide bonds. The smallest absolute Gasteiger partial charge is 0.170 e. The number of fused-ring (bicyclic) bond motifs is 1. The Kier molecular flexibility index (Phi) is 2.51. The Bertz CT molecular complexity index is 506. The fourth-order valence-electron chi connectivity index (χ4n) is 1.75. The van der Waals surface area contributed by atoms with Gasteiger partial charge in [0.2, 0.25) is 0 Å². The number of pyridine rings is 1. The van der Waals surface area contributed by atoms with Gasteiger partial charge in [-0.2, -0.15) is 0 Å². The average molecular weight is 239 g/mol. The van der Waals surface area contributed by atoms with Gasteiger partial charge in [0.25, 0.3) is 0 Å². The predicted molar refractivity (Wildman–Crippen MR) is 59.6 cm³/mol. The van der Waals surface area contributed by atoms with E-state index in [0.29, 0.717) is 11.6 Å². The Morgan fingerprint density at radius 1 is 1.56 bits per heavy atom. The summed E-state index contributed by atoms with van der Waals surface area (Å²) in [5.74, 6) is 0.752. The number of ether oxygens (including phenoxy) is 1. The lowest BCUT2D eigenvalue weighted by Gasteiger charge is -2.20. The molecule has 1 aliphatic heterocycles. The third-order valence-corrected chi connectivity index (χ3v) is 2.78. The predicted octanol–water partition coefficient (Wildman–Crippen LogP) is 1.04. The number of aromatic nitrogens is 3. The normalized spacial score (nSPS) is 21.4. The highest BCUT2D eigenvalue weighted by Crippen LogP contribution is 2.15. The van der Waals surface area contributed by atoms with E-state index in [4.69, 9.17) is 16.3 Å². The average Bonchev–Trinajstić information content (AvgIpc) is 2.73. The van der Waals surface area contributed by atoms with Crippen LogP contribution in [0.15, 0.2) is 18.3 Å². The van der Waals surface area contributed by atoms with Gasteiger partial charge >= 0.3 is 0 Å². The van der Waals surface area contributed by atoms with E-state index in [1.54, 1.807) is 22.8 Å². The van der Waals surface area contributed by atoms with Crippen LogP contribution in [0, 0.1) is 0 Å². The molecular formula is C10H11ClN4O. The van der Waals surface area contributed by atoms with E-state index in [9.17, 15) is 0 Å². The maximum atomic E-state index is 5.89. The summed E-state index contributed by atoms with van der Waals surface area (Å²) in [4.78, 5) is 4.42. The van der Waals surface area contributed by atoms with Crippen molar-refractivity contribution in [2.75, 3.05) is 19.8 Å². The van der Waals surface area contributed by atoms with Gasteiger partial charge in [-0.3, -0.25) is 0 Å². The number of halogens is 1. The first-order chi connectivity index (χ1) is 7.83. The van der Waals surface area contributed by atoms with Gasteiger partial charge < -0.3 is 10.1 Å². The Labute approximate surface area is 97.4 Å². The SMILES string of the molecule is Clc1ccn2nc(C3COCCN3)nc2c1. The molecule has 1 unspecified atom stereocenters. The second-order valence-electron chi connectivity index (χ2n) is 3.70. The molecule has 3 heterocycles. The van der Waals surface area contributed by atoms with Gasteiger partial charge in [-0.15, -0.1) is 5.10 Å². The Hall–Kier alpha value is -1.17. The number of hydrogen-bond acceptors (Lipinski definition) is 4. The number of nitrogens with one attached hydrogen (secondary N) is 1. The summed E-state index contributed by atoms with van der Waals surface area (Å²) >= 11 is 5.89. The molecule has 1 atom stereocenters.